The molecule has 0 aromatic carbocycles. The van der Waals surface area contributed by atoms with Crippen molar-refractivity contribution < 1.29 is 0 Å². The third-order valence-electron chi connectivity index (χ3n) is 2.24. The van der Waals surface area contributed by atoms with Crippen LogP contribution in [-0.4, -0.2) is 9.38 Å². The first-order valence-corrected chi connectivity index (χ1v) is 5.44. The van der Waals surface area contributed by atoms with Crippen molar-refractivity contribution in [2.24, 2.45) is 5.18 Å². The van der Waals surface area contributed by atoms with Crippen molar-refractivity contribution in [2.75, 3.05) is 0 Å². The predicted molar refractivity (Wildman–Crippen MR) is 62.4 cm³/mol. The van der Waals surface area contributed by atoms with Crippen molar-refractivity contribution in [2.45, 2.75) is 19.8 Å². The summed E-state index contributed by atoms with van der Waals surface area (Å²) in [6.07, 6.45) is 1.79. The molecule has 78 valence electrons. The van der Waals surface area contributed by atoms with Crippen LogP contribution in [-0.2, 0) is 0 Å². The van der Waals surface area contributed by atoms with Crippen molar-refractivity contribution in [3.63, 3.8) is 0 Å². The molecule has 2 rings (SSSR count). The highest BCUT2D eigenvalue weighted by molar-refractivity contribution is 9.10. The summed E-state index contributed by atoms with van der Waals surface area (Å²) in [6, 6.07) is 3.73. The third kappa shape index (κ3) is 1.56. The number of nitroso groups, excluding NO2 is 1. The second-order valence-electron chi connectivity index (χ2n) is 3.62. The van der Waals surface area contributed by atoms with E-state index in [4.69, 9.17) is 0 Å². The Labute approximate surface area is 95.4 Å². The molecule has 0 aliphatic heterocycles. The van der Waals surface area contributed by atoms with Crippen molar-refractivity contribution in [3.05, 3.63) is 33.4 Å². The van der Waals surface area contributed by atoms with Crippen LogP contribution in [0.5, 0.6) is 0 Å². The zero-order valence-corrected chi connectivity index (χ0v) is 10.0. The van der Waals surface area contributed by atoms with Gasteiger partial charge in [0.05, 0.1) is 10.2 Å². The van der Waals surface area contributed by atoms with E-state index in [2.05, 4.69) is 26.1 Å². The van der Waals surface area contributed by atoms with Crippen LogP contribution in [0.1, 0.15) is 25.5 Å². The third-order valence-corrected chi connectivity index (χ3v) is 2.86. The Morgan fingerprint density at radius 1 is 1.53 bits per heavy atom. The Kier molecular flexibility index (Phi) is 2.56. The monoisotopic (exact) mass is 267 g/mol. The molecular formula is C10H10BrN3O. The largest absolute Gasteiger partial charge is 0.281 e. The minimum absolute atomic E-state index is 0.185. The second kappa shape index (κ2) is 3.73. The first kappa shape index (κ1) is 10.3. The number of fused-ring (bicyclic) bond motifs is 1. The normalized spacial score (nSPS) is 11.2. The highest BCUT2D eigenvalue weighted by Gasteiger charge is 2.16. The van der Waals surface area contributed by atoms with Gasteiger partial charge in [0.25, 0.3) is 0 Å². The maximum absolute atomic E-state index is 10.8. The molecule has 0 amide bonds. The van der Waals surface area contributed by atoms with Crippen LogP contribution in [0.2, 0.25) is 0 Å². The smallest absolute Gasteiger partial charge is 0.205 e. The fourth-order valence-electron chi connectivity index (χ4n) is 1.52. The number of pyridine rings is 1. The van der Waals surface area contributed by atoms with Crippen molar-refractivity contribution >= 4 is 27.4 Å². The predicted octanol–water partition coefficient (Wildman–Crippen LogP) is 3.62. The van der Waals surface area contributed by atoms with Crippen LogP contribution in [0.3, 0.4) is 0 Å². The van der Waals surface area contributed by atoms with E-state index in [0.29, 0.717) is 5.82 Å². The number of aromatic nitrogens is 2. The van der Waals surface area contributed by atoms with Gasteiger partial charge in [-0.05, 0) is 39.2 Å². The molecule has 0 aliphatic carbocycles. The lowest BCUT2D eigenvalue weighted by atomic mass is 10.1. The number of hydrogen-bond donors (Lipinski definition) is 0. The fourth-order valence-corrected chi connectivity index (χ4v) is 1.95. The highest BCUT2D eigenvalue weighted by Crippen LogP contribution is 2.30. The molecule has 0 saturated carbocycles. The molecular weight excluding hydrogens is 258 g/mol. The maximum Gasteiger partial charge on any atom is 0.205 e. The lowest BCUT2D eigenvalue weighted by Gasteiger charge is -1.98. The molecule has 0 unspecified atom stereocenters. The minimum atomic E-state index is 0.185. The summed E-state index contributed by atoms with van der Waals surface area (Å²) in [4.78, 5) is 15.2. The number of imidazole rings is 1. The SMILES string of the molecule is CC(C)c1nc2c(Br)cccn2c1N=O. The Hall–Kier alpha value is -1.23. The summed E-state index contributed by atoms with van der Waals surface area (Å²) in [5, 5.41) is 3.05. The lowest BCUT2D eigenvalue weighted by Crippen LogP contribution is -1.87. The lowest BCUT2D eigenvalue weighted by molar-refractivity contribution is 0.834. The summed E-state index contributed by atoms with van der Waals surface area (Å²) in [5.74, 6) is 0.575. The molecule has 4 nitrogen and oxygen atoms in total. The van der Waals surface area contributed by atoms with Crippen LogP contribution in [0.4, 0.5) is 5.82 Å². The molecule has 0 saturated heterocycles. The first-order chi connectivity index (χ1) is 7.15. The molecule has 0 atom stereocenters. The van der Waals surface area contributed by atoms with Crippen molar-refractivity contribution in [1.29, 1.82) is 0 Å². The number of nitrogens with zero attached hydrogens (tertiary/aromatic N) is 3. The fraction of sp³-hybridized carbons (Fsp3) is 0.300. The molecule has 0 aliphatic rings. The van der Waals surface area contributed by atoms with E-state index < -0.39 is 0 Å². The van der Waals surface area contributed by atoms with Crippen LogP contribution in [0.25, 0.3) is 5.65 Å². The number of hydrogen-bond acceptors (Lipinski definition) is 3. The summed E-state index contributed by atoms with van der Waals surface area (Å²) in [6.45, 7) is 3.98. The molecule has 0 radical (unpaired) electrons. The number of rotatable bonds is 2. The average molecular weight is 268 g/mol. The Morgan fingerprint density at radius 3 is 2.87 bits per heavy atom. The van der Waals surface area contributed by atoms with Gasteiger partial charge in [0, 0.05) is 6.20 Å². The van der Waals surface area contributed by atoms with Crippen LogP contribution < -0.4 is 0 Å². The molecule has 15 heavy (non-hydrogen) atoms. The van der Waals surface area contributed by atoms with E-state index in [9.17, 15) is 4.91 Å². The van der Waals surface area contributed by atoms with Gasteiger partial charge in [-0.15, -0.1) is 4.91 Å². The minimum Gasteiger partial charge on any atom is -0.281 e. The molecule has 2 aromatic rings. The van der Waals surface area contributed by atoms with E-state index in [-0.39, 0.29) is 5.92 Å². The molecule has 5 heteroatoms. The summed E-state index contributed by atoms with van der Waals surface area (Å²) < 4.78 is 2.56. The average Bonchev–Trinajstić information content (AvgIpc) is 2.57. The standard InChI is InChI=1S/C10H10BrN3O/c1-6(2)8-10(13-15)14-5-3-4-7(11)9(14)12-8/h3-6H,1-2H3. The van der Waals surface area contributed by atoms with Crippen LogP contribution in [0, 0.1) is 4.91 Å². The van der Waals surface area contributed by atoms with Gasteiger partial charge in [-0.1, -0.05) is 13.8 Å². The maximum atomic E-state index is 10.8. The van der Waals surface area contributed by atoms with E-state index >= 15 is 0 Å². The van der Waals surface area contributed by atoms with Gasteiger partial charge in [0.15, 0.2) is 5.65 Å². The molecule has 0 N–H and O–H groups in total. The summed E-state index contributed by atoms with van der Waals surface area (Å²) in [7, 11) is 0. The van der Waals surface area contributed by atoms with Crippen molar-refractivity contribution in [1.82, 2.24) is 9.38 Å². The van der Waals surface area contributed by atoms with Gasteiger partial charge in [-0.25, -0.2) is 4.98 Å². The van der Waals surface area contributed by atoms with E-state index in [1.54, 1.807) is 10.6 Å². The van der Waals surface area contributed by atoms with Gasteiger partial charge in [0.2, 0.25) is 5.82 Å². The van der Waals surface area contributed by atoms with E-state index in [1.165, 1.54) is 0 Å². The zero-order valence-electron chi connectivity index (χ0n) is 8.44. The molecule has 0 bridgehead atoms. The van der Waals surface area contributed by atoms with Gasteiger partial charge in [0.1, 0.15) is 0 Å². The summed E-state index contributed by atoms with van der Waals surface area (Å²) in [5.41, 5.74) is 1.47. The molecule has 0 spiro atoms. The molecule has 2 heterocycles. The van der Waals surface area contributed by atoms with Gasteiger partial charge < -0.3 is 0 Å². The molecule has 0 fully saturated rings. The Bertz CT molecular complexity index is 519. The van der Waals surface area contributed by atoms with Gasteiger partial charge >= 0.3 is 0 Å². The first-order valence-electron chi connectivity index (χ1n) is 4.65. The zero-order chi connectivity index (χ0) is 11.0. The quantitative estimate of drug-likeness (QED) is 0.781. The van der Waals surface area contributed by atoms with E-state index in [0.717, 1.165) is 15.8 Å². The van der Waals surface area contributed by atoms with Crippen LogP contribution >= 0.6 is 15.9 Å². The van der Waals surface area contributed by atoms with E-state index in [1.807, 2.05) is 26.0 Å². The number of halogens is 1. The molecule has 2 aromatic heterocycles. The van der Waals surface area contributed by atoms with Crippen molar-refractivity contribution in [3.8, 4) is 0 Å². The highest BCUT2D eigenvalue weighted by atomic mass is 79.9. The Morgan fingerprint density at radius 2 is 2.27 bits per heavy atom. The van der Waals surface area contributed by atoms with Gasteiger partial charge in [-0.3, -0.25) is 4.40 Å². The second-order valence-corrected chi connectivity index (χ2v) is 4.47. The summed E-state index contributed by atoms with van der Waals surface area (Å²) >= 11 is 3.40. The van der Waals surface area contributed by atoms with Gasteiger partial charge in [-0.2, -0.15) is 0 Å². The Balaban J connectivity index is 2.84. The van der Waals surface area contributed by atoms with Crippen LogP contribution in [0.15, 0.2) is 28.0 Å². The topological polar surface area (TPSA) is 46.7 Å².